The van der Waals surface area contributed by atoms with E-state index in [9.17, 15) is 4.79 Å². The lowest BCUT2D eigenvalue weighted by Gasteiger charge is -2.27. The van der Waals surface area contributed by atoms with Crippen molar-refractivity contribution in [3.63, 3.8) is 0 Å². The molecule has 2 aromatic rings. The topological polar surface area (TPSA) is 76.2 Å². The summed E-state index contributed by atoms with van der Waals surface area (Å²) in [4.78, 5) is 18.1. The van der Waals surface area contributed by atoms with Gasteiger partial charge in [-0.05, 0) is 19.3 Å². The average Bonchev–Trinajstić information content (AvgIpc) is 3.07. The van der Waals surface area contributed by atoms with E-state index >= 15 is 0 Å². The SMILES string of the molecule is Cc1cc(NC(=O)N(C)C[C@@H]2CCn3ccnc3C2)no1. The van der Waals surface area contributed by atoms with Crippen molar-refractivity contribution in [1.82, 2.24) is 19.6 Å². The molecule has 21 heavy (non-hydrogen) atoms. The molecule has 2 aromatic heterocycles. The first kappa shape index (κ1) is 13.7. The van der Waals surface area contributed by atoms with Gasteiger partial charge in [0.15, 0.2) is 5.82 Å². The third kappa shape index (κ3) is 3.07. The molecule has 112 valence electrons. The van der Waals surface area contributed by atoms with E-state index in [1.807, 2.05) is 12.4 Å². The highest BCUT2D eigenvalue weighted by atomic mass is 16.5. The van der Waals surface area contributed by atoms with Gasteiger partial charge in [0, 0.05) is 45.0 Å². The number of amides is 2. The fourth-order valence-electron chi connectivity index (χ4n) is 2.67. The van der Waals surface area contributed by atoms with Crippen molar-refractivity contribution >= 4 is 11.8 Å². The maximum atomic E-state index is 12.1. The molecule has 0 aromatic carbocycles. The first-order valence-electron chi connectivity index (χ1n) is 7.07. The number of carbonyl (C=O) groups is 1. The van der Waals surface area contributed by atoms with Crippen LogP contribution in [0.5, 0.6) is 0 Å². The second kappa shape index (κ2) is 5.59. The molecule has 3 rings (SSSR count). The Kier molecular flexibility index (Phi) is 3.64. The van der Waals surface area contributed by atoms with Crippen LogP contribution in [0.15, 0.2) is 23.0 Å². The van der Waals surface area contributed by atoms with Gasteiger partial charge in [0.25, 0.3) is 0 Å². The van der Waals surface area contributed by atoms with Crippen LogP contribution in [0.4, 0.5) is 10.6 Å². The Labute approximate surface area is 122 Å². The van der Waals surface area contributed by atoms with E-state index in [4.69, 9.17) is 4.52 Å². The number of urea groups is 1. The van der Waals surface area contributed by atoms with Gasteiger partial charge in [0.1, 0.15) is 11.6 Å². The van der Waals surface area contributed by atoms with Gasteiger partial charge in [0.2, 0.25) is 0 Å². The van der Waals surface area contributed by atoms with Crippen LogP contribution in [0.1, 0.15) is 18.0 Å². The van der Waals surface area contributed by atoms with Crippen molar-refractivity contribution in [3.8, 4) is 0 Å². The van der Waals surface area contributed by atoms with Gasteiger partial charge in [-0.1, -0.05) is 5.16 Å². The number of rotatable bonds is 3. The van der Waals surface area contributed by atoms with Gasteiger partial charge in [-0.3, -0.25) is 5.32 Å². The molecule has 0 aliphatic carbocycles. The van der Waals surface area contributed by atoms with E-state index in [0.29, 0.717) is 24.0 Å². The molecule has 1 aliphatic heterocycles. The Hall–Kier alpha value is -2.31. The van der Waals surface area contributed by atoms with E-state index in [1.165, 1.54) is 0 Å². The lowest BCUT2D eigenvalue weighted by atomic mass is 9.97. The Balaban J connectivity index is 1.54. The smallest absolute Gasteiger partial charge is 0.322 e. The molecule has 0 spiro atoms. The highest BCUT2D eigenvalue weighted by Gasteiger charge is 2.22. The van der Waals surface area contributed by atoms with Gasteiger partial charge in [-0.15, -0.1) is 0 Å². The van der Waals surface area contributed by atoms with Gasteiger partial charge < -0.3 is 14.0 Å². The average molecular weight is 289 g/mol. The Morgan fingerprint density at radius 2 is 2.48 bits per heavy atom. The molecule has 0 bridgehead atoms. The first-order valence-corrected chi connectivity index (χ1v) is 7.07. The predicted molar refractivity (Wildman–Crippen MR) is 76.9 cm³/mol. The molecule has 1 atom stereocenters. The second-order valence-electron chi connectivity index (χ2n) is 5.53. The quantitative estimate of drug-likeness (QED) is 0.936. The Morgan fingerprint density at radius 1 is 1.62 bits per heavy atom. The monoisotopic (exact) mass is 289 g/mol. The minimum atomic E-state index is -0.169. The third-order valence-electron chi connectivity index (χ3n) is 3.79. The van der Waals surface area contributed by atoms with Gasteiger partial charge in [-0.2, -0.15) is 0 Å². The molecule has 1 N–H and O–H groups in total. The number of imidazole rings is 1. The van der Waals surface area contributed by atoms with Crippen molar-refractivity contribution in [2.24, 2.45) is 5.92 Å². The molecule has 2 amide bonds. The van der Waals surface area contributed by atoms with Crippen LogP contribution in [-0.4, -0.2) is 39.2 Å². The number of hydrogen-bond acceptors (Lipinski definition) is 4. The molecule has 0 radical (unpaired) electrons. The molecule has 0 unspecified atom stereocenters. The Bertz CT molecular complexity index is 633. The molecular weight excluding hydrogens is 270 g/mol. The minimum Gasteiger partial charge on any atom is -0.360 e. The van der Waals surface area contributed by atoms with Gasteiger partial charge >= 0.3 is 6.03 Å². The second-order valence-corrected chi connectivity index (χ2v) is 5.53. The summed E-state index contributed by atoms with van der Waals surface area (Å²) in [6.45, 7) is 3.46. The maximum Gasteiger partial charge on any atom is 0.322 e. The molecule has 7 nitrogen and oxygen atoms in total. The van der Waals surface area contributed by atoms with Crippen LogP contribution in [0.2, 0.25) is 0 Å². The van der Waals surface area contributed by atoms with Crippen LogP contribution in [0.3, 0.4) is 0 Å². The van der Waals surface area contributed by atoms with Crippen molar-refractivity contribution in [2.75, 3.05) is 18.9 Å². The molecule has 0 saturated carbocycles. The minimum absolute atomic E-state index is 0.169. The predicted octanol–water partition coefficient (Wildman–Crippen LogP) is 1.91. The third-order valence-corrected chi connectivity index (χ3v) is 3.79. The zero-order valence-corrected chi connectivity index (χ0v) is 12.2. The van der Waals surface area contributed by atoms with Crippen LogP contribution in [0.25, 0.3) is 0 Å². The van der Waals surface area contributed by atoms with E-state index in [2.05, 4.69) is 20.0 Å². The highest BCUT2D eigenvalue weighted by Crippen LogP contribution is 2.20. The summed E-state index contributed by atoms with van der Waals surface area (Å²) in [6.07, 6.45) is 5.81. The van der Waals surface area contributed by atoms with Crippen LogP contribution >= 0.6 is 0 Å². The number of aromatic nitrogens is 3. The van der Waals surface area contributed by atoms with Crippen molar-refractivity contribution < 1.29 is 9.32 Å². The van der Waals surface area contributed by atoms with Gasteiger partial charge in [-0.25, -0.2) is 9.78 Å². The summed E-state index contributed by atoms with van der Waals surface area (Å²) in [5, 5.41) is 6.49. The summed E-state index contributed by atoms with van der Waals surface area (Å²) in [5.41, 5.74) is 0. The number of anilines is 1. The number of carbonyl (C=O) groups excluding carboxylic acids is 1. The lowest BCUT2D eigenvalue weighted by Crippen LogP contribution is -2.37. The summed E-state index contributed by atoms with van der Waals surface area (Å²) in [7, 11) is 1.79. The highest BCUT2D eigenvalue weighted by molar-refractivity contribution is 5.88. The Morgan fingerprint density at radius 3 is 3.24 bits per heavy atom. The molecule has 1 aliphatic rings. The molecule has 7 heteroatoms. The van der Waals surface area contributed by atoms with Crippen molar-refractivity contribution in [1.29, 1.82) is 0 Å². The number of nitrogens with one attached hydrogen (secondary N) is 1. The maximum absolute atomic E-state index is 12.1. The fraction of sp³-hybridized carbons (Fsp3) is 0.500. The standard InChI is InChI=1S/C14H19N5O2/c1-10-7-12(17-21-10)16-14(20)18(2)9-11-3-5-19-6-4-15-13(19)8-11/h4,6-7,11H,3,5,8-9H2,1-2H3,(H,16,17,20)/t11-/m1/s1. The largest absolute Gasteiger partial charge is 0.360 e. The molecular formula is C14H19N5O2. The number of fused-ring (bicyclic) bond motifs is 1. The number of aryl methyl sites for hydroxylation is 2. The van der Waals surface area contributed by atoms with Crippen LogP contribution in [0, 0.1) is 12.8 Å². The fourth-order valence-corrected chi connectivity index (χ4v) is 2.67. The first-order chi connectivity index (χ1) is 10.1. The zero-order chi connectivity index (χ0) is 14.8. The molecule has 3 heterocycles. The summed E-state index contributed by atoms with van der Waals surface area (Å²) in [6, 6.07) is 1.53. The summed E-state index contributed by atoms with van der Waals surface area (Å²) >= 11 is 0. The number of hydrogen-bond donors (Lipinski definition) is 1. The molecule has 0 fully saturated rings. The van der Waals surface area contributed by atoms with E-state index in [0.717, 1.165) is 25.2 Å². The van der Waals surface area contributed by atoms with Gasteiger partial charge in [0.05, 0.1) is 0 Å². The molecule has 0 saturated heterocycles. The van der Waals surface area contributed by atoms with E-state index in [1.54, 1.807) is 24.9 Å². The van der Waals surface area contributed by atoms with Crippen molar-refractivity contribution in [2.45, 2.75) is 26.3 Å². The van der Waals surface area contributed by atoms with Crippen LogP contribution < -0.4 is 5.32 Å². The van der Waals surface area contributed by atoms with E-state index in [-0.39, 0.29) is 6.03 Å². The summed E-state index contributed by atoms with van der Waals surface area (Å²) in [5.74, 6) is 2.66. The zero-order valence-electron chi connectivity index (χ0n) is 12.2. The van der Waals surface area contributed by atoms with Crippen LogP contribution in [-0.2, 0) is 13.0 Å². The summed E-state index contributed by atoms with van der Waals surface area (Å²) < 4.78 is 7.11. The lowest BCUT2D eigenvalue weighted by molar-refractivity contribution is 0.207. The number of nitrogens with zero attached hydrogens (tertiary/aromatic N) is 4. The van der Waals surface area contributed by atoms with E-state index < -0.39 is 0 Å². The van der Waals surface area contributed by atoms with Crippen molar-refractivity contribution in [3.05, 3.63) is 30.0 Å². The normalized spacial score (nSPS) is 17.3.